The van der Waals surface area contributed by atoms with E-state index in [0.29, 0.717) is 10.5 Å². The van der Waals surface area contributed by atoms with Crippen molar-refractivity contribution >= 4 is 5.91 Å². The molecule has 1 aromatic heterocycles. The second-order valence-corrected chi connectivity index (χ2v) is 3.75. The molecule has 0 spiro atoms. The fourth-order valence-corrected chi connectivity index (χ4v) is 1.36. The van der Waals surface area contributed by atoms with E-state index >= 15 is 0 Å². The summed E-state index contributed by atoms with van der Waals surface area (Å²) in [5.41, 5.74) is 0.420. The maximum Gasteiger partial charge on any atom is 0.463 e. The summed E-state index contributed by atoms with van der Waals surface area (Å²) < 4.78 is 62.2. The summed E-state index contributed by atoms with van der Waals surface area (Å²) in [6, 6.07) is 2.86. The van der Waals surface area contributed by atoms with E-state index in [1.165, 1.54) is 31.5 Å². The van der Waals surface area contributed by atoms with Crippen molar-refractivity contribution in [2.24, 2.45) is 0 Å². The van der Waals surface area contributed by atoms with Crippen molar-refractivity contribution in [3.05, 3.63) is 30.1 Å². The second-order valence-electron chi connectivity index (χ2n) is 3.75. The molecule has 0 aliphatic rings. The van der Waals surface area contributed by atoms with Crippen LogP contribution in [0.1, 0.15) is 12.5 Å². The van der Waals surface area contributed by atoms with Gasteiger partial charge in [-0.05, 0) is 24.6 Å². The lowest BCUT2D eigenvalue weighted by molar-refractivity contribution is -0.274. The van der Waals surface area contributed by atoms with Gasteiger partial charge >= 0.3 is 18.0 Å². The zero-order valence-corrected chi connectivity index (χ0v) is 9.92. The van der Waals surface area contributed by atoms with Crippen LogP contribution >= 0.6 is 0 Å². The number of hydrogen-bond acceptors (Lipinski definition) is 2. The van der Waals surface area contributed by atoms with E-state index < -0.39 is 18.0 Å². The van der Waals surface area contributed by atoms with Crippen LogP contribution in [0.4, 0.5) is 22.0 Å². The minimum Gasteiger partial charge on any atom is -0.333 e. The fourth-order valence-electron chi connectivity index (χ4n) is 1.36. The topological polar surface area (TPSA) is 33.2 Å². The van der Waals surface area contributed by atoms with Crippen LogP contribution in [0.3, 0.4) is 0 Å². The van der Waals surface area contributed by atoms with E-state index in [-0.39, 0.29) is 13.1 Å². The molecule has 1 rings (SSSR count). The van der Waals surface area contributed by atoms with E-state index in [9.17, 15) is 26.7 Å². The van der Waals surface area contributed by atoms with Crippen molar-refractivity contribution in [3.8, 4) is 0 Å². The molecule has 1 amide bonds. The third-order valence-corrected chi connectivity index (χ3v) is 2.42. The molecule has 0 aromatic carbocycles. The third-order valence-electron chi connectivity index (χ3n) is 2.42. The molecule has 0 N–H and O–H groups in total. The van der Waals surface area contributed by atoms with Crippen molar-refractivity contribution < 1.29 is 26.7 Å². The molecule has 0 saturated heterocycles. The molecule has 0 aliphatic heterocycles. The van der Waals surface area contributed by atoms with Crippen LogP contribution in [-0.4, -0.2) is 34.4 Å². The SMILES string of the molecule is CCN(Cc1ccncc1)C(=O)C(F)(F)C(F)(F)F. The van der Waals surface area contributed by atoms with Gasteiger partial charge in [0.25, 0.3) is 0 Å². The second kappa shape index (κ2) is 5.50. The highest BCUT2D eigenvalue weighted by Gasteiger charge is 2.64. The highest BCUT2D eigenvalue weighted by molar-refractivity contribution is 5.84. The molecule has 0 aliphatic carbocycles. The molecule has 1 heterocycles. The standard InChI is InChI=1S/C11H11F5N2O/c1-2-18(7-8-3-5-17-6-4-8)9(19)10(12,13)11(14,15)16/h3-6H,2,7H2,1H3. The zero-order chi connectivity index (χ0) is 14.7. The van der Waals surface area contributed by atoms with E-state index in [0.717, 1.165) is 0 Å². The summed E-state index contributed by atoms with van der Waals surface area (Å²) >= 11 is 0. The van der Waals surface area contributed by atoms with Crippen molar-refractivity contribution in [2.45, 2.75) is 25.6 Å². The summed E-state index contributed by atoms with van der Waals surface area (Å²) in [5, 5.41) is 0. The minimum atomic E-state index is -5.89. The first-order chi connectivity index (χ1) is 8.70. The number of halogens is 5. The van der Waals surface area contributed by atoms with Crippen LogP contribution in [0.5, 0.6) is 0 Å². The Bertz CT molecular complexity index is 432. The summed E-state index contributed by atoms with van der Waals surface area (Å²) in [6.45, 7) is 0.738. The van der Waals surface area contributed by atoms with Crippen molar-refractivity contribution in [2.75, 3.05) is 6.54 Å². The van der Waals surface area contributed by atoms with E-state index in [2.05, 4.69) is 4.98 Å². The quantitative estimate of drug-likeness (QED) is 0.795. The Balaban J connectivity index is 2.89. The van der Waals surface area contributed by atoms with Crippen LogP contribution in [0.15, 0.2) is 24.5 Å². The molecule has 0 bridgehead atoms. The smallest absolute Gasteiger partial charge is 0.333 e. The molecule has 0 radical (unpaired) electrons. The van der Waals surface area contributed by atoms with Crippen LogP contribution in [-0.2, 0) is 11.3 Å². The monoisotopic (exact) mass is 282 g/mol. The number of carbonyl (C=O) groups excluding carboxylic acids is 1. The Kier molecular flexibility index (Phi) is 4.43. The number of alkyl halides is 5. The maximum absolute atomic E-state index is 12.9. The molecule has 0 unspecified atom stereocenters. The van der Waals surface area contributed by atoms with Crippen LogP contribution in [0.25, 0.3) is 0 Å². The average molecular weight is 282 g/mol. The number of carbonyl (C=O) groups is 1. The molecular formula is C11H11F5N2O. The lowest BCUT2D eigenvalue weighted by Crippen LogP contribution is -2.51. The molecule has 3 nitrogen and oxygen atoms in total. The normalized spacial score (nSPS) is 12.3. The summed E-state index contributed by atoms with van der Waals surface area (Å²) in [6.07, 6.45) is -3.18. The van der Waals surface area contributed by atoms with Gasteiger partial charge in [-0.1, -0.05) is 0 Å². The first-order valence-corrected chi connectivity index (χ1v) is 5.33. The summed E-state index contributed by atoms with van der Waals surface area (Å²) in [4.78, 5) is 15.4. The predicted molar refractivity (Wildman–Crippen MR) is 56.3 cm³/mol. The van der Waals surface area contributed by atoms with E-state index in [1.807, 2.05) is 0 Å². The largest absolute Gasteiger partial charge is 0.463 e. The number of rotatable bonds is 4. The summed E-state index contributed by atoms with van der Waals surface area (Å²) in [7, 11) is 0. The van der Waals surface area contributed by atoms with Crippen molar-refractivity contribution in [3.63, 3.8) is 0 Å². The van der Waals surface area contributed by atoms with Gasteiger partial charge in [0.05, 0.1) is 0 Å². The molecule has 106 valence electrons. The highest BCUT2D eigenvalue weighted by atomic mass is 19.4. The Morgan fingerprint density at radius 2 is 1.74 bits per heavy atom. The molecular weight excluding hydrogens is 271 g/mol. The number of aromatic nitrogens is 1. The Labute approximate surface area is 106 Å². The highest BCUT2D eigenvalue weighted by Crippen LogP contribution is 2.37. The van der Waals surface area contributed by atoms with Gasteiger partial charge in [0.15, 0.2) is 0 Å². The van der Waals surface area contributed by atoms with Crippen molar-refractivity contribution in [1.82, 2.24) is 9.88 Å². The van der Waals surface area contributed by atoms with Gasteiger partial charge in [-0.2, -0.15) is 22.0 Å². The first-order valence-electron chi connectivity index (χ1n) is 5.33. The predicted octanol–water partition coefficient (Wildman–Crippen LogP) is 2.63. The van der Waals surface area contributed by atoms with Gasteiger partial charge in [-0.25, -0.2) is 0 Å². The molecule has 0 saturated carbocycles. The Morgan fingerprint density at radius 1 is 1.21 bits per heavy atom. The summed E-state index contributed by atoms with van der Waals surface area (Å²) in [5.74, 6) is -7.63. The van der Waals surface area contributed by atoms with E-state index in [1.54, 1.807) is 0 Å². The van der Waals surface area contributed by atoms with Gasteiger partial charge < -0.3 is 4.90 Å². The first kappa shape index (κ1) is 15.3. The molecule has 19 heavy (non-hydrogen) atoms. The van der Waals surface area contributed by atoms with Crippen LogP contribution < -0.4 is 0 Å². The lowest BCUT2D eigenvalue weighted by atomic mass is 10.2. The average Bonchev–Trinajstić information content (AvgIpc) is 2.35. The molecule has 0 atom stereocenters. The fraction of sp³-hybridized carbons (Fsp3) is 0.455. The zero-order valence-electron chi connectivity index (χ0n) is 9.92. The Morgan fingerprint density at radius 3 is 2.16 bits per heavy atom. The van der Waals surface area contributed by atoms with E-state index in [4.69, 9.17) is 0 Å². The molecule has 8 heteroatoms. The lowest BCUT2D eigenvalue weighted by Gasteiger charge is -2.27. The van der Waals surface area contributed by atoms with Gasteiger partial charge in [0.2, 0.25) is 0 Å². The number of amides is 1. The van der Waals surface area contributed by atoms with Crippen molar-refractivity contribution in [1.29, 1.82) is 0 Å². The van der Waals surface area contributed by atoms with Crippen LogP contribution in [0, 0.1) is 0 Å². The number of nitrogens with zero attached hydrogens (tertiary/aromatic N) is 2. The molecule has 1 aromatic rings. The maximum atomic E-state index is 12.9. The van der Waals surface area contributed by atoms with Gasteiger partial charge in [-0.3, -0.25) is 9.78 Å². The number of hydrogen-bond donors (Lipinski definition) is 0. The Hall–Kier alpha value is -1.73. The van der Waals surface area contributed by atoms with Crippen LogP contribution in [0.2, 0.25) is 0 Å². The van der Waals surface area contributed by atoms with Gasteiger partial charge in [0, 0.05) is 25.5 Å². The minimum absolute atomic E-state index is 0.257. The third kappa shape index (κ3) is 3.39. The van der Waals surface area contributed by atoms with Gasteiger partial charge in [0.1, 0.15) is 0 Å². The van der Waals surface area contributed by atoms with Gasteiger partial charge in [-0.15, -0.1) is 0 Å². The molecule has 0 fully saturated rings. The number of pyridine rings is 1.